The van der Waals surface area contributed by atoms with E-state index in [2.05, 4.69) is 6.58 Å². The van der Waals surface area contributed by atoms with Crippen molar-refractivity contribution in [3.63, 3.8) is 0 Å². The number of rotatable bonds is 3. The fraction of sp³-hybridized carbons (Fsp3) is 0.200. The lowest BCUT2D eigenvalue weighted by molar-refractivity contribution is 0.469. The van der Waals surface area contributed by atoms with Gasteiger partial charge < -0.3 is 5.11 Å². The average molecular weight is 180 g/mol. The molecule has 0 aliphatic carbocycles. The van der Waals surface area contributed by atoms with Crippen LogP contribution < -0.4 is 0 Å². The third kappa shape index (κ3) is 2.05. The zero-order chi connectivity index (χ0) is 8.97. The number of phenols is 1. The van der Waals surface area contributed by atoms with Crippen LogP contribution in [0.4, 0.5) is 0 Å². The first-order chi connectivity index (χ1) is 5.75. The average Bonchev–Trinajstić information content (AvgIpc) is 2.08. The summed E-state index contributed by atoms with van der Waals surface area (Å²) >= 11 is 1.68. The summed E-state index contributed by atoms with van der Waals surface area (Å²) in [4.78, 5) is 1.12. The van der Waals surface area contributed by atoms with Crippen molar-refractivity contribution in [1.82, 2.24) is 0 Å². The summed E-state index contributed by atoms with van der Waals surface area (Å²) in [6.45, 7) is 5.56. The highest BCUT2D eigenvalue weighted by Crippen LogP contribution is 2.27. The highest BCUT2D eigenvalue weighted by molar-refractivity contribution is 7.99. The van der Waals surface area contributed by atoms with Gasteiger partial charge in [-0.2, -0.15) is 0 Å². The molecule has 1 aromatic rings. The van der Waals surface area contributed by atoms with Crippen molar-refractivity contribution in [1.29, 1.82) is 0 Å². The van der Waals surface area contributed by atoms with E-state index in [-0.39, 0.29) is 0 Å². The molecule has 0 radical (unpaired) electrons. The van der Waals surface area contributed by atoms with E-state index in [1.54, 1.807) is 17.8 Å². The largest absolute Gasteiger partial charge is 0.508 e. The van der Waals surface area contributed by atoms with Crippen LogP contribution in [0.3, 0.4) is 0 Å². The quantitative estimate of drug-likeness (QED) is 0.570. The second-order valence-corrected chi connectivity index (χ2v) is 3.56. The van der Waals surface area contributed by atoms with Crippen molar-refractivity contribution >= 4 is 11.8 Å². The van der Waals surface area contributed by atoms with Crippen LogP contribution >= 0.6 is 11.8 Å². The Morgan fingerprint density at radius 2 is 2.33 bits per heavy atom. The van der Waals surface area contributed by atoms with Gasteiger partial charge in [0.05, 0.1) is 0 Å². The van der Waals surface area contributed by atoms with Crippen molar-refractivity contribution < 1.29 is 5.11 Å². The molecule has 0 amide bonds. The van der Waals surface area contributed by atoms with Gasteiger partial charge in [-0.3, -0.25) is 0 Å². The van der Waals surface area contributed by atoms with E-state index in [9.17, 15) is 5.11 Å². The molecule has 0 aliphatic heterocycles. The van der Waals surface area contributed by atoms with E-state index in [1.807, 2.05) is 25.1 Å². The monoisotopic (exact) mass is 180 g/mol. The summed E-state index contributed by atoms with van der Waals surface area (Å²) in [5.41, 5.74) is 0.948. The molecule has 0 aromatic heterocycles. The smallest absolute Gasteiger partial charge is 0.119 e. The maximum Gasteiger partial charge on any atom is 0.119 e. The number of benzene rings is 1. The SMILES string of the molecule is C=CCSc1cccc(O)c1C. The van der Waals surface area contributed by atoms with Crippen LogP contribution in [-0.4, -0.2) is 10.9 Å². The Kier molecular flexibility index (Phi) is 3.23. The van der Waals surface area contributed by atoms with Crippen LogP contribution in [0.2, 0.25) is 0 Å². The van der Waals surface area contributed by atoms with Gasteiger partial charge in [-0.05, 0) is 19.1 Å². The van der Waals surface area contributed by atoms with Gasteiger partial charge in [-0.25, -0.2) is 0 Å². The van der Waals surface area contributed by atoms with E-state index in [1.165, 1.54) is 0 Å². The molecule has 1 nitrogen and oxygen atoms in total. The zero-order valence-corrected chi connectivity index (χ0v) is 7.90. The van der Waals surface area contributed by atoms with Crippen LogP contribution in [0.15, 0.2) is 35.7 Å². The molecule has 0 atom stereocenters. The van der Waals surface area contributed by atoms with E-state index < -0.39 is 0 Å². The molecule has 64 valence electrons. The predicted molar refractivity (Wildman–Crippen MR) is 53.8 cm³/mol. The number of aromatic hydroxyl groups is 1. The molecule has 0 aliphatic rings. The van der Waals surface area contributed by atoms with E-state index in [0.29, 0.717) is 5.75 Å². The standard InChI is InChI=1S/C10H12OS/c1-3-7-12-10-6-4-5-9(11)8(10)2/h3-6,11H,1,7H2,2H3. The molecule has 0 heterocycles. The molecule has 0 saturated carbocycles. The van der Waals surface area contributed by atoms with Crippen molar-refractivity contribution in [2.75, 3.05) is 5.75 Å². The Labute approximate surface area is 77.1 Å². The predicted octanol–water partition coefficient (Wildman–Crippen LogP) is 2.98. The van der Waals surface area contributed by atoms with Crippen LogP contribution in [-0.2, 0) is 0 Å². The third-order valence-corrected chi connectivity index (χ3v) is 2.77. The second kappa shape index (κ2) is 4.21. The lowest BCUT2D eigenvalue weighted by atomic mass is 10.2. The van der Waals surface area contributed by atoms with E-state index in [0.717, 1.165) is 16.2 Å². The minimum Gasteiger partial charge on any atom is -0.508 e. The Hall–Kier alpha value is -0.890. The van der Waals surface area contributed by atoms with Gasteiger partial charge in [0.1, 0.15) is 5.75 Å². The minimum atomic E-state index is 0.365. The van der Waals surface area contributed by atoms with Crippen molar-refractivity contribution in [3.8, 4) is 5.75 Å². The Bertz CT molecular complexity index is 281. The molecule has 2 heteroatoms. The molecule has 0 unspecified atom stereocenters. The van der Waals surface area contributed by atoms with Crippen molar-refractivity contribution in [3.05, 3.63) is 36.4 Å². The lowest BCUT2D eigenvalue weighted by Gasteiger charge is -2.04. The van der Waals surface area contributed by atoms with Crippen molar-refractivity contribution in [2.24, 2.45) is 0 Å². The molecule has 0 spiro atoms. The fourth-order valence-corrected chi connectivity index (χ4v) is 1.70. The van der Waals surface area contributed by atoms with Gasteiger partial charge >= 0.3 is 0 Å². The summed E-state index contributed by atoms with van der Waals surface area (Å²) < 4.78 is 0. The normalized spacial score (nSPS) is 9.75. The number of hydrogen-bond donors (Lipinski definition) is 1. The van der Waals surface area contributed by atoms with Gasteiger partial charge in [-0.15, -0.1) is 18.3 Å². The minimum absolute atomic E-state index is 0.365. The Morgan fingerprint density at radius 3 is 3.00 bits per heavy atom. The lowest BCUT2D eigenvalue weighted by Crippen LogP contribution is -1.80. The molecular weight excluding hydrogens is 168 g/mol. The zero-order valence-electron chi connectivity index (χ0n) is 7.08. The molecule has 0 fully saturated rings. The van der Waals surface area contributed by atoms with Gasteiger partial charge in [0.2, 0.25) is 0 Å². The maximum absolute atomic E-state index is 9.36. The second-order valence-electron chi connectivity index (χ2n) is 2.50. The Morgan fingerprint density at radius 1 is 1.58 bits per heavy atom. The molecule has 0 bridgehead atoms. The molecular formula is C10H12OS. The highest BCUT2D eigenvalue weighted by atomic mass is 32.2. The van der Waals surface area contributed by atoms with Crippen LogP contribution in [0, 0.1) is 6.92 Å². The van der Waals surface area contributed by atoms with Crippen LogP contribution in [0.25, 0.3) is 0 Å². The number of hydrogen-bond acceptors (Lipinski definition) is 2. The first-order valence-corrected chi connectivity index (χ1v) is 4.76. The third-order valence-electron chi connectivity index (χ3n) is 1.61. The van der Waals surface area contributed by atoms with Gasteiger partial charge in [0, 0.05) is 16.2 Å². The molecule has 1 aromatic carbocycles. The van der Waals surface area contributed by atoms with Gasteiger partial charge in [-0.1, -0.05) is 12.1 Å². The summed E-state index contributed by atoms with van der Waals surface area (Å²) in [5.74, 6) is 1.24. The first kappa shape index (κ1) is 9.20. The molecule has 0 saturated heterocycles. The topological polar surface area (TPSA) is 20.2 Å². The van der Waals surface area contributed by atoms with Crippen molar-refractivity contribution in [2.45, 2.75) is 11.8 Å². The van der Waals surface area contributed by atoms with Gasteiger partial charge in [0.25, 0.3) is 0 Å². The molecule has 1 rings (SSSR count). The summed E-state index contributed by atoms with van der Waals surface area (Å²) in [7, 11) is 0. The van der Waals surface area contributed by atoms with E-state index in [4.69, 9.17) is 0 Å². The molecule has 1 N–H and O–H groups in total. The molecule has 12 heavy (non-hydrogen) atoms. The maximum atomic E-state index is 9.36. The highest BCUT2D eigenvalue weighted by Gasteiger charge is 2.00. The van der Waals surface area contributed by atoms with Crippen LogP contribution in [0.1, 0.15) is 5.56 Å². The summed E-state index contributed by atoms with van der Waals surface area (Å²) in [6, 6.07) is 5.56. The summed E-state index contributed by atoms with van der Waals surface area (Å²) in [5, 5.41) is 9.36. The summed E-state index contributed by atoms with van der Waals surface area (Å²) in [6.07, 6.45) is 1.86. The fourth-order valence-electron chi connectivity index (χ4n) is 0.908. The number of thioether (sulfide) groups is 1. The van der Waals surface area contributed by atoms with Crippen LogP contribution in [0.5, 0.6) is 5.75 Å². The van der Waals surface area contributed by atoms with E-state index >= 15 is 0 Å². The van der Waals surface area contributed by atoms with Gasteiger partial charge in [0.15, 0.2) is 0 Å². The Balaban J connectivity index is 2.84. The first-order valence-electron chi connectivity index (χ1n) is 3.78. The number of phenolic OH excluding ortho intramolecular Hbond substituents is 1.